The summed E-state index contributed by atoms with van der Waals surface area (Å²) in [6.45, 7) is 2.81. The molecule has 0 atom stereocenters. The summed E-state index contributed by atoms with van der Waals surface area (Å²) in [5, 5.41) is 9.74. The lowest BCUT2D eigenvalue weighted by Crippen LogP contribution is -2.10. The predicted octanol–water partition coefficient (Wildman–Crippen LogP) is 1.64. The quantitative estimate of drug-likeness (QED) is 0.747. The van der Waals surface area contributed by atoms with E-state index in [1.54, 1.807) is 12.4 Å². The van der Waals surface area contributed by atoms with Crippen LogP contribution in [0.2, 0.25) is 0 Å². The van der Waals surface area contributed by atoms with E-state index in [0.29, 0.717) is 18.2 Å². The van der Waals surface area contributed by atoms with Gasteiger partial charge in [0, 0.05) is 0 Å². The molecular formula is C11H16N2O2. The van der Waals surface area contributed by atoms with Crippen molar-refractivity contribution in [2.75, 3.05) is 6.61 Å². The molecule has 0 spiro atoms. The number of rotatable bonds is 5. The summed E-state index contributed by atoms with van der Waals surface area (Å²) >= 11 is 0. The third-order valence-electron chi connectivity index (χ3n) is 2.53. The summed E-state index contributed by atoms with van der Waals surface area (Å²) in [5.41, 5.74) is -0.748. The van der Waals surface area contributed by atoms with E-state index in [1.165, 1.54) is 0 Å². The highest BCUT2D eigenvalue weighted by atomic mass is 16.5. The number of hydrogen-bond acceptors (Lipinski definition) is 4. The van der Waals surface area contributed by atoms with Gasteiger partial charge < -0.3 is 9.84 Å². The van der Waals surface area contributed by atoms with Gasteiger partial charge in [-0.3, -0.25) is 0 Å². The molecule has 0 radical (unpaired) electrons. The number of hydrogen-bond donors (Lipinski definition) is 1. The van der Waals surface area contributed by atoms with E-state index in [0.717, 1.165) is 25.7 Å². The number of aliphatic hydroxyl groups is 1. The maximum absolute atomic E-state index is 9.74. The second-order valence-corrected chi connectivity index (χ2v) is 3.98. The molecule has 0 unspecified atom stereocenters. The average molecular weight is 208 g/mol. The molecule has 2 rings (SSSR count). The molecule has 1 aliphatic rings. The van der Waals surface area contributed by atoms with Gasteiger partial charge in [0.1, 0.15) is 5.60 Å². The van der Waals surface area contributed by atoms with Crippen LogP contribution in [-0.4, -0.2) is 21.7 Å². The topological polar surface area (TPSA) is 55.2 Å². The zero-order valence-electron chi connectivity index (χ0n) is 8.94. The van der Waals surface area contributed by atoms with Crippen molar-refractivity contribution in [1.29, 1.82) is 0 Å². The molecule has 1 fully saturated rings. The van der Waals surface area contributed by atoms with Crippen molar-refractivity contribution in [1.82, 2.24) is 9.97 Å². The Hall–Kier alpha value is -1.16. The summed E-state index contributed by atoms with van der Waals surface area (Å²) < 4.78 is 5.43. The third-order valence-corrected chi connectivity index (χ3v) is 2.53. The van der Waals surface area contributed by atoms with Crippen LogP contribution in [0.3, 0.4) is 0 Å². The molecule has 1 heterocycles. The third kappa shape index (κ3) is 2.45. The molecule has 0 saturated heterocycles. The van der Waals surface area contributed by atoms with E-state index >= 15 is 0 Å². The molecule has 82 valence electrons. The molecule has 1 aromatic heterocycles. The van der Waals surface area contributed by atoms with E-state index in [4.69, 9.17) is 4.74 Å². The normalized spacial score (nSPS) is 17.5. The first-order valence-corrected chi connectivity index (χ1v) is 5.42. The van der Waals surface area contributed by atoms with Gasteiger partial charge in [0.05, 0.1) is 19.0 Å². The Morgan fingerprint density at radius 3 is 2.60 bits per heavy atom. The summed E-state index contributed by atoms with van der Waals surface area (Å²) in [7, 11) is 0. The van der Waals surface area contributed by atoms with Crippen LogP contribution in [0.15, 0.2) is 12.4 Å². The first-order valence-electron chi connectivity index (χ1n) is 5.42. The molecule has 0 amide bonds. The fourth-order valence-corrected chi connectivity index (χ4v) is 1.31. The van der Waals surface area contributed by atoms with Crippen molar-refractivity contribution in [2.24, 2.45) is 0 Å². The standard InChI is InChI=1S/C11H16N2O2/c1-2-3-6-15-9-7-12-10(13-8-9)11(14)4-5-11/h7-8,14H,2-6H2,1H3. The average Bonchev–Trinajstić information content (AvgIpc) is 2.99. The molecule has 0 aliphatic heterocycles. The Morgan fingerprint density at radius 2 is 2.07 bits per heavy atom. The van der Waals surface area contributed by atoms with Gasteiger partial charge in [-0.15, -0.1) is 0 Å². The van der Waals surface area contributed by atoms with Crippen LogP contribution in [0.25, 0.3) is 0 Å². The molecule has 1 N–H and O–H groups in total. The largest absolute Gasteiger partial charge is 0.490 e. The monoisotopic (exact) mass is 208 g/mol. The Labute approximate surface area is 89.3 Å². The number of aromatic nitrogens is 2. The molecule has 1 saturated carbocycles. The second kappa shape index (κ2) is 4.14. The van der Waals surface area contributed by atoms with Crippen molar-refractivity contribution in [3.63, 3.8) is 0 Å². The Morgan fingerprint density at radius 1 is 1.40 bits per heavy atom. The highest BCUT2D eigenvalue weighted by molar-refractivity contribution is 5.17. The van der Waals surface area contributed by atoms with Gasteiger partial charge >= 0.3 is 0 Å². The van der Waals surface area contributed by atoms with Crippen molar-refractivity contribution >= 4 is 0 Å². The summed E-state index contributed by atoms with van der Waals surface area (Å²) in [4.78, 5) is 8.21. The van der Waals surface area contributed by atoms with Crippen LogP contribution in [0.4, 0.5) is 0 Å². The molecular weight excluding hydrogens is 192 g/mol. The molecule has 4 nitrogen and oxygen atoms in total. The van der Waals surface area contributed by atoms with Gasteiger partial charge in [-0.05, 0) is 19.3 Å². The minimum atomic E-state index is -0.748. The van der Waals surface area contributed by atoms with Crippen LogP contribution in [-0.2, 0) is 5.60 Å². The van der Waals surface area contributed by atoms with Gasteiger partial charge in [-0.1, -0.05) is 13.3 Å². The van der Waals surface area contributed by atoms with Crippen molar-refractivity contribution in [2.45, 2.75) is 38.2 Å². The van der Waals surface area contributed by atoms with Gasteiger partial charge in [-0.25, -0.2) is 9.97 Å². The highest BCUT2D eigenvalue weighted by Gasteiger charge is 2.45. The maximum Gasteiger partial charge on any atom is 0.160 e. The fraction of sp³-hybridized carbons (Fsp3) is 0.636. The van der Waals surface area contributed by atoms with E-state index in [9.17, 15) is 5.11 Å². The maximum atomic E-state index is 9.74. The summed E-state index contributed by atoms with van der Waals surface area (Å²) in [6, 6.07) is 0. The molecule has 4 heteroatoms. The summed E-state index contributed by atoms with van der Waals surface area (Å²) in [5.74, 6) is 1.20. The molecule has 15 heavy (non-hydrogen) atoms. The van der Waals surface area contributed by atoms with Crippen molar-refractivity contribution < 1.29 is 9.84 Å². The zero-order chi connectivity index (χ0) is 10.7. The molecule has 1 aromatic rings. The first-order chi connectivity index (χ1) is 7.24. The highest BCUT2D eigenvalue weighted by Crippen LogP contribution is 2.43. The Bertz CT molecular complexity index is 320. The molecule has 0 aromatic carbocycles. The molecule has 1 aliphatic carbocycles. The Kier molecular flexibility index (Phi) is 2.86. The zero-order valence-corrected chi connectivity index (χ0v) is 8.94. The SMILES string of the molecule is CCCCOc1cnc(C2(O)CC2)nc1. The van der Waals surface area contributed by atoms with E-state index in [2.05, 4.69) is 16.9 Å². The Balaban J connectivity index is 1.92. The second-order valence-electron chi connectivity index (χ2n) is 3.98. The van der Waals surface area contributed by atoms with Crippen LogP contribution in [0.1, 0.15) is 38.4 Å². The van der Waals surface area contributed by atoms with Gasteiger partial charge in [0.25, 0.3) is 0 Å². The number of ether oxygens (including phenoxy) is 1. The number of unbranched alkanes of at least 4 members (excludes halogenated alkanes) is 1. The predicted molar refractivity (Wildman–Crippen MR) is 55.6 cm³/mol. The van der Waals surface area contributed by atoms with E-state index in [-0.39, 0.29) is 0 Å². The fourth-order valence-electron chi connectivity index (χ4n) is 1.31. The minimum Gasteiger partial charge on any atom is -0.490 e. The lowest BCUT2D eigenvalue weighted by atomic mass is 10.3. The van der Waals surface area contributed by atoms with Crippen LogP contribution in [0.5, 0.6) is 5.75 Å². The van der Waals surface area contributed by atoms with Crippen LogP contribution >= 0.6 is 0 Å². The molecule has 0 bridgehead atoms. The smallest absolute Gasteiger partial charge is 0.160 e. The van der Waals surface area contributed by atoms with Crippen LogP contribution < -0.4 is 4.74 Å². The first kappa shape index (κ1) is 10.4. The lowest BCUT2D eigenvalue weighted by molar-refractivity contribution is 0.140. The van der Waals surface area contributed by atoms with E-state index < -0.39 is 5.60 Å². The van der Waals surface area contributed by atoms with Gasteiger partial charge in [-0.2, -0.15) is 0 Å². The minimum absolute atomic E-state index is 0.519. The van der Waals surface area contributed by atoms with E-state index in [1.807, 2.05) is 0 Å². The van der Waals surface area contributed by atoms with Crippen LogP contribution in [0, 0.1) is 0 Å². The summed E-state index contributed by atoms with van der Waals surface area (Å²) in [6.07, 6.45) is 6.94. The lowest BCUT2D eigenvalue weighted by Gasteiger charge is -2.07. The number of nitrogens with zero attached hydrogens (tertiary/aromatic N) is 2. The van der Waals surface area contributed by atoms with Gasteiger partial charge in [0.2, 0.25) is 0 Å². The van der Waals surface area contributed by atoms with Crippen molar-refractivity contribution in [3.8, 4) is 5.75 Å². The van der Waals surface area contributed by atoms with Crippen molar-refractivity contribution in [3.05, 3.63) is 18.2 Å². The van der Waals surface area contributed by atoms with Gasteiger partial charge in [0.15, 0.2) is 11.6 Å².